The van der Waals surface area contributed by atoms with Gasteiger partial charge in [-0.1, -0.05) is 37.3 Å². The number of thiazole rings is 1. The van der Waals surface area contributed by atoms with Crippen molar-refractivity contribution >= 4 is 17.2 Å². The van der Waals surface area contributed by atoms with Crippen LogP contribution < -0.4 is 0 Å². The number of rotatable bonds is 7. The Balaban J connectivity index is 1.83. The van der Waals surface area contributed by atoms with Crippen LogP contribution in [0.3, 0.4) is 0 Å². The van der Waals surface area contributed by atoms with E-state index in [1.807, 2.05) is 54.1 Å². The summed E-state index contributed by atoms with van der Waals surface area (Å²) < 4.78 is 1.84. The number of hydrogen-bond acceptors (Lipinski definition) is 4. The number of carbonyl (C=O) groups is 1. The minimum atomic E-state index is 0.0694. The second-order valence-electron chi connectivity index (χ2n) is 6.76. The fourth-order valence-corrected chi connectivity index (χ4v) is 4.11. The Morgan fingerprint density at radius 3 is 2.44 bits per heavy atom. The first-order valence-electron chi connectivity index (χ1n) is 9.23. The van der Waals surface area contributed by atoms with E-state index >= 15 is 0 Å². The molecule has 3 aromatic rings. The van der Waals surface area contributed by atoms with Crippen LogP contribution in [0.15, 0.2) is 35.8 Å². The van der Waals surface area contributed by atoms with E-state index in [9.17, 15) is 4.79 Å². The molecule has 6 heteroatoms. The molecule has 3 rings (SSSR count). The molecule has 0 N–H and O–H groups in total. The highest BCUT2D eigenvalue weighted by Crippen LogP contribution is 2.19. The molecule has 0 aliphatic carbocycles. The molecule has 1 amide bonds. The topological polar surface area (TPSA) is 51.0 Å². The van der Waals surface area contributed by atoms with E-state index in [2.05, 4.69) is 29.1 Å². The Bertz CT molecular complexity index is 914. The average molecular weight is 383 g/mol. The Labute approximate surface area is 164 Å². The van der Waals surface area contributed by atoms with Gasteiger partial charge in [0.1, 0.15) is 6.54 Å². The SMILES string of the molecule is CCc1c(C)nn(CC(=O)N(Cc2ccccc2)Cc2scnc2C)c1C. The van der Waals surface area contributed by atoms with Crippen LogP contribution in [-0.4, -0.2) is 25.6 Å². The van der Waals surface area contributed by atoms with Gasteiger partial charge in [-0.25, -0.2) is 4.98 Å². The lowest BCUT2D eigenvalue weighted by Gasteiger charge is -2.23. The van der Waals surface area contributed by atoms with Gasteiger partial charge in [0.2, 0.25) is 5.91 Å². The lowest BCUT2D eigenvalue weighted by Crippen LogP contribution is -2.33. The summed E-state index contributed by atoms with van der Waals surface area (Å²) in [5.74, 6) is 0.0694. The predicted octanol–water partition coefficient (Wildman–Crippen LogP) is 4.06. The van der Waals surface area contributed by atoms with Gasteiger partial charge in [0.05, 0.1) is 23.4 Å². The summed E-state index contributed by atoms with van der Waals surface area (Å²) in [5, 5.41) is 4.58. The lowest BCUT2D eigenvalue weighted by atomic mass is 10.1. The second kappa shape index (κ2) is 8.48. The smallest absolute Gasteiger partial charge is 0.244 e. The van der Waals surface area contributed by atoms with E-state index in [1.165, 1.54) is 5.56 Å². The number of nitrogens with zero attached hydrogens (tertiary/aromatic N) is 4. The summed E-state index contributed by atoms with van der Waals surface area (Å²) >= 11 is 1.60. The van der Waals surface area contributed by atoms with Crippen LogP contribution in [0.5, 0.6) is 0 Å². The number of amides is 1. The third kappa shape index (κ3) is 4.45. The van der Waals surface area contributed by atoms with Crippen LogP contribution in [0.4, 0.5) is 0 Å². The van der Waals surface area contributed by atoms with Crippen LogP contribution in [-0.2, 0) is 30.8 Å². The molecule has 0 aliphatic rings. The molecule has 0 bridgehead atoms. The van der Waals surface area contributed by atoms with Crippen LogP contribution in [0, 0.1) is 20.8 Å². The van der Waals surface area contributed by atoms with E-state index in [0.717, 1.165) is 33.9 Å². The third-order valence-corrected chi connectivity index (χ3v) is 5.84. The van der Waals surface area contributed by atoms with Crippen molar-refractivity contribution in [2.75, 3.05) is 0 Å². The molecule has 0 radical (unpaired) electrons. The molecular formula is C21H26N4OS. The monoisotopic (exact) mass is 382 g/mol. The zero-order valence-corrected chi connectivity index (χ0v) is 17.2. The maximum atomic E-state index is 13.2. The largest absolute Gasteiger partial charge is 0.332 e. The summed E-state index contributed by atoms with van der Waals surface area (Å²) in [4.78, 5) is 20.5. The molecule has 0 spiro atoms. The fraction of sp³-hybridized carbons (Fsp3) is 0.381. The van der Waals surface area contributed by atoms with Crippen LogP contribution in [0.2, 0.25) is 0 Å². The number of aryl methyl sites for hydroxylation is 2. The normalized spacial score (nSPS) is 11.0. The first kappa shape index (κ1) is 19.3. The highest BCUT2D eigenvalue weighted by molar-refractivity contribution is 7.09. The first-order chi connectivity index (χ1) is 13.0. The van der Waals surface area contributed by atoms with E-state index < -0.39 is 0 Å². The number of carbonyl (C=O) groups excluding carboxylic acids is 1. The minimum Gasteiger partial charge on any atom is -0.332 e. The van der Waals surface area contributed by atoms with Crippen molar-refractivity contribution in [1.29, 1.82) is 0 Å². The summed E-state index contributed by atoms with van der Waals surface area (Å²) in [6.07, 6.45) is 0.930. The molecule has 142 valence electrons. The second-order valence-corrected chi connectivity index (χ2v) is 7.70. The number of aromatic nitrogens is 3. The molecule has 0 unspecified atom stereocenters. The Kier molecular flexibility index (Phi) is 6.06. The van der Waals surface area contributed by atoms with Gasteiger partial charge in [0, 0.05) is 17.1 Å². The Morgan fingerprint density at radius 2 is 1.85 bits per heavy atom. The summed E-state index contributed by atoms with van der Waals surface area (Å²) in [6.45, 7) is 9.58. The van der Waals surface area contributed by atoms with E-state index in [1.54, 1.807) is 11.3 Å². The van der Waals surface area contributed by atoms with Crippen molar-refractivity contribution in [3.63, 3.8) is 0 Å². The zero-order valence-electron chi connectivity index (χ0n) is 16.4. The van der Waals surface area contributed by atoms with Gasteiger partial charge in [-0.3, -0.25) is 9.48 Å². The van der Waals surface area contributed by atoms with Gasteiger partial charge in [0.25, 0.3) is 0 Å². The van der Waals surface area contributed by atoms with Crippen molar-refractivity contribution in [3.8, 4) is 0 Å². The van der Waals surface area contributed by atoms with Crippen molar-refractivity contribution < 1.29 is 4.79 Å². The highest BCUT2D eigenvalue weighted by Gasteiger charge is 2.19. The molecule has 1 aromatic carbocycles. The molecule has 5 nitrogen and oxygen atoms in total. The number of hydrogen-bond donors (Lipinski definition) is 0. The molecule has 27 heavy (non-hydrogen) atoms. The molecular weight excluding hydrogens is 356 g/mol. The van der Waals surface area contributed by atoms with Gasteiger partial charge < -0.3 is 4.90 Å². The zero-order chi connectivity index (χ0) is 19.4. The van der Waals surface area contributed by atoms with E-state index in [0.29, 0.717) is 13.1 Å². The molecule has 0 atom stereocenters. The average Bonchev–Trinajstić information content (AvgIpc) is 3.17. The molecule has 0 saturated heterocycles. The maximum Gasteiger partial charge on any atom is 0.244 e. The highest BCUT2D eigenvalue weighted by atomic mass is 32.1. The summed E-state index contributed by atoms with van der Waals surface area (Å²) in [6, 6.07) is 10.1. The van der Waals surface area contributed by atoms with E-state index in [4.69, 9.17) is 0 Å². The van der Waals surface area contributed by atoms with E-state index in [-0.39, 0.29) is 12.5 Å². The number of benzene rings is 1. The van der Waals surface area contributed by atoms with Gasteiger partial charge >= 0.3 is 0 Å². The first-order valence-corrected chi connectivity index (χ1v) is 10.1. The molecule has 0 fully saturated rings. The maximum absolute atomic E-state index is 13.2. The van der Waals surface area contributed by atoms with Crippen molar-refractivity contribution in [2.24, 2.45) is 0 Å². The Hall–Kier alpha value is -2.47. The van der Waals surface area contributed by atoms with Gasteiger partial charge in [-0.15, -0.1) is 11.3 Å². The minimum absolute atomic E-state index is 0.0694. The molecule has 2 aromatic heterocycles. The van der Waals surface area contributed by atoms with Crippen molar-refractivity contribution in [1.82, 2.24) is 19.7 Å². The van der Waals surface area contributed by atoms with Crippen LogP contribution in [0.1, 0.15) is 40.0 Å². The van der Waals surface area contributed by atoms with Crippen molar-refractivity contribution in [2.45, 2.75) is 53.8 Å². The van der Waals surface area contributed by atoms with Crippen molar-refractivity contribution in [3.05, 3.63) is 68.9 Å². The predicted molar refractivity (Wildman–Crippen MR) is 109 cm³/mol. The molecule has 0 saturated carbocycles. The summed E-state index contributed by atoms with van der Waals surface area (Å²) in [5.41, 5.74) is 7.27. The van der Waals surface area contributed by atoms with Gasteiger partial charge in [-0.05, 0) is 38.3 Å². The molecule has 2 heterocycles. The fourth-order valence-electron chi connectivity index (χ4n) is 3.32. The van der Waals surface area contributed by atoms with Crippen LogP contribution >= 0.6 is 11.3 Å². The van der Waals surface area contributed by atoms with Gasteiger partial charge in [0.15, 0.2) is 0 Å². The van der Waals surface area contributed by atoms with Crippen LogP contribution in [0.25, 0.3) is 0 Å². The Morgan fingerprint density at radius 1 is 1.11 bits per heavy atom. The van der Waals surface area contributed by atoms with Gasteiger partial charge in [-0.2, -0.15) is 5.10 Å². The third-order valence-electron chi connectivity index (χ3n) is 4.92. The quantitative estimate of drug-likeness (QED) is 0.619. The lowest BCUT2D eigenvalue weighted by molar-refractivity contribution is -0.133. The standard InChI is InChI=1S/C21H26N4OS/c1-5-19-15(2)23-25(17(19)4)13-21(26)24(11-18-9-7-6-8-10-18)12-20-16(3)22-14-27-20/h6-10,14H,5,11-13H2,1-4H3. The molecule has 0 aliphatic heterocycles. The summed E-state index contributed by atoms with van der Waals surface area (Å²) in [7, 11) is 0.